The van der Waals surface area contributed by atoms with Crippen LogP contribution in [0.5, 0.6) is 0 Å². The van der Waals surface area contributed by atoms with Crippen LogP contribution in [0.3, 0.4) is 0 Å². The van der Waals surface area contributed by atoms with Crippen molar-refractivity contribution in [2.45, 2.75) is 44.4 Å². The maximum absolute atomic E-state index is 12.6. The molecule has 1 saturated heterocycles. The van der Waals surface area contributed by atoms with E-state index in [1.54, 1.807) is 0 Å². The summed E-state index contributed by atoms with van der Waals surface area (Å²) in [5, 5.41) is 9.36. The summed E-state index contributed by atoms with van der Waals surface area (Å²) < 4.78 is 37.7. The number of piperidine rings is 1. The first-order chi connectivity index (χ1) is 10.2. The van der Waals surface area contributed by atoms with Crippen molar-refractivity contribution in [1.82, 2.24) is 4.90 Å². The Morgan fingerprint density at radius 3 is 2.18 bits per heavy atom. The molecule has 0 amide bonds. The van der Waals surface area contributed by atoms with Crippen LogP contribution in [-0.2, 0) is 5.41 Å². The molecule has 1 heterocycles. The molecule has 1 fully saturated rings. The molecular weight excluding hydrogens is 291 g/mol. The van der Waals surface area contributed by atoms with E-state index in [0.29, 0.717) is 25.9 Å². The van der Waals surface area contributed by atoms with E-state index in [1.807, 2.05) is 18.2 Å². The van der Waals surface area contributed by atoms with Crippen LogP contribution in [0.1, 0.15) is 32.3 Å². The van der Waals surface area contributed by atoms with Gasteiger partial charge in [-0.05, 0) is 37.4 Å². The number of rotatable bonds is 4. The van der Waals surface area contributed by atoms with E-state index in [4.69, 9.17) is 0 Å². The molecule has 2 nitrogen and oxygen atoms in total. The van der Waals surface area contributed by atoms with Gasteiger partial charge in [0.15, 0.2) is 6.10 Å². The SMILES string of the molecule is CC(C)(CN1CCC(C(O)C(F)(F)F)CC1)c1ccccc1. The summed E-state index contributed by atoms with van der Waals surface area (Å²) in [5.74, 6) is -0.670. The van der Waals surface area contributed by atoms with Crippen molar-refractivity contribution < 1.29 is 18.3 Å². The lowest BCUT2D eigenvalue weighted by Gasteiger charge is -2.39. The molecule has 1 aliphatic heterocycles. The summed E-state index contributed by atoms with van der Waals surface area (Å²) >= 11 is 0. The van der Waals surface area contributed by atoms with Crippen LogP contribution in [0.15, 0.2) is 30.3 Å². The van der Waals surface area contributed by atoms with Gasteiger partial charge < -0.3 is 10.0 Å². The Hall–Kier alpha value is -1.07. The zero-order chi connectivity index (χ0) is 16.4. The van der Waals surface area contributed by atoms with Gasteiger partial charge in [-0.2, -0.15) is 13.2 Å². The largest absolute Gasteiger partial charge is 0.414 e. The Morgan fingerprint density at radius 2 is 1.68 bits per heavy atom. The fourth-order valence-corrected chi connectivity index (χ4v) is 3.23. The van der Waals surface area contributed by atoms with E-state index >= 15 is 0 Å². The van der Waals surface area contributed by atoms with Gasteiger partial charge in [-0.25, -0.2) is 0 Å². The smallest absolute Gasteiger partial charge is 0.383 e. The molecule has 0 bridgehead atoms. The van der Waals surface area contributed by atoms with E-state index in [2.05, 4.69) is 30.9 Å². The molecule has 0 aromatic heterocycles. The molecule has 5 heteroatoms. The Labute approximate surface area is 129 Å². The number of likely N-dealkylation sites (tertiary alicyclic amines) is 1. The normalized spacial score (nSPS) is 20.1. The van der Waals surface area contributed by atoms with Gasteiger partial charge in [-0.15, -0.1) is 0 Å². The molecule has 0 spiro atoms. The third-order valence-corrected chi connectivity index (χ3v) is 4.59. The van der Waals surface area contributed by atoms with E-state index < -0.39 is 18.2 Å². The molecule has 0 radical (unpaired) electrons. The number of halogens is 3. The van der Waals surface area contributed by atoms with Crippen molar-refractivity contribution >= 4 is 0 Å². The summed E-state index contributed by atoms with van der Waals surface area (Å²) in [6, 6.07) is 10.1. The van der Waals surface area contributed by atoms with Gasteiger partial charge in [-0.1, -0.05) is 44.2 Å². The van der Waals surface area contributed by atoms with Crippen molar-refractivity contribution in [3.05, 3.63) is 35.9 Å². The highest BCUT2D eigenvalue weighted by Gasteiger charge is 2.44. The zero-order valence-corrected chi connectivity index (χ0v) is 13.1. The molecule has 22 heavy (non-hydrogen) atoms. The molecule has 1 aromatic rings. The fourth-order valence-electron chi connectivity index (χ4n) is 3.23. The van der Waals surface area contributed by atoms with E-state index in [0.717, 1.165) is 6.54 Å². The second-order valence-electron chi connectivity index (χ2n) is 6.85. The van der Waals surface area contributed by atoms with Gasteiger partial charge in [0.1, 0.15) is 0 Å². The van der Waals surface area contributed by atoms with Crippen LogP contribution in [-0.4, -0.2) is 41.9 Å². The van der Waals surface area contributed by atoms with Crippen molar-refractivity contribution in [3.8, 4) is 0 Å². The predicted octanol–water partition coefficient (Wildman–Crippen LogP) is 3.60. The molecule has 1 aromatic carbocycles. The number of nitrogens with zero attached hydrogens (tertiary/aromatic N) is 1. The number of hydrogen-bond donors (Lipinski definition) is 1. The van der Waals surface area contributed by atoms with Gasteiger partial charge in [0.2, 0.25) is 0 Å². The minimum Gasteiger partial charge on any atom is -0.383 e. The molecule has 0 aliphatic carbocycles. The maximum atomic E-state index is 12.6. The van der Waals surface area contributed by atoms with Crippen molar-refractivity contribution in [3.63, 3.8) is 0 Å². The lowest BCUT2D eigenvalue weighted by molar-refractivity contribution is -0.223. The Kier molecular flexibility index (Phi) is 5.17. The third-order valence-electron chi connectivity index (χ3n) is 4.59. The Bertz CT molecular complexity index is 465. The Morgan fingerprint density at radius 1 is 1.14 bits per heavy atom. The summed E-state index contributed by atoms with van der Waals surface area (Å²) in [7, 11) is 0. The van der Waals surface area contributed by atoms with E-state index in [9.17, 15) is 18.3 Å². The standard InChI is InChI=1S/C17H24F3NO/c1-16(2,14-6-4-3-5-7-14)12-21-10-8-13(9-11-21)15(22)17(18,19)20/h3-7,13,15,22H,8-12H2,1-2H3. The summed E-state index contributed by atoms with van der Waals surface area (Å²) in [6.45, 7) is 6.33. The highest BCUT2D eigenvalue weighted by molar-refractivity contribution is 5.23. The maximum Gasteiger partial charge on any atom is 0.414 e. The molecule has 1 aliphatic rings. The first-order valence-corrected chi connectivity index (χ1v) is 7.73. The van der Waals surface area contributed by atoms with Crippen LogP contribution >= 0.6 is 0 Å². The van der Waals surface area contributed by atoms with Gasteiger partial charge in [-0.3, -0.25) is 0 Å². The summed E-state index contributed by atoms with van der Waals surface area (Å²) in [4.78, 5) is 2.20. The predicted molar refractivity (Wildman–Crippen MR) is 80.7 cm³/mol. The monoisotopic (exact) mass is 315 g/mol. The third kappa shape index (κ3) is 4.23. The molecular formula is C17H24F3NO. The minimum absolute atomic E-state index is 0.0449. The molecule has 124 valence electrons. The van der Waals surface area contributed by atoms with Crippen molar-refractivity contribution in [1.29, 1.82) is 0 Å². The fraction of sp³-hybridized carbons (Fsp3) is 0.647. The zero-order valence-electron chi connectivity index (χ0n) is 13.1. The van der Waals surface area contributed by atoms with Crippen LogP contribution in [0.4, 0.5) is 13.2 Å². The molecule has 0 saturated carbocycles. The summed E-state index contributed by atoms with van der Waals surface area (Å²) in [5.41, 5.74) is 1.18. The second kappa shape index (κ2) is 6.59. The molecule has 1 atom stereocenters. The molecule has 1 N–H and O–H groups in total. The molecule has 2 rings (SSSR count). The highest BCUT2D eigenvalue weighted by Crippen LogP contribution is 2.33. The van der Waals surface area contributed by atoms with Gasteiger partial charge in [0, 0.05) is 12.0 Å². The van der Waals surface area contributed by atoms with Crippen molar-refractivity contribution in [2.24, 2.45) is 5.92 Å². The second-order valence-corrected chi connectivity index (χ2v) is 6.85. The van der Waals surface area contributed by atoms with Gasteiger partial charge in [0.05, 0.1) is 0 Å². The van der Waals surface area contributed by atoms with Crippen molar-refractivity contribution in [2.75, 3.05) is 19.6 Å². The van der Waals surface area contributed by atoms with Gasteiger partial charge >= 0.3 is 6.18 Å². The van der Waals surface area contributed by atoms with E-state index in [1.165, 1.54) is 5.56 Å². The quantitative estimate of drug-likeness (QED) is 0.918. The summed E-state index contributed by atoms with van der Waals surface area (Å²) in [6.07, 6.45) is -5.90. The molecule has 1 unspecified atom stereocenters. The van der Waals surface area contributed by atoms with Crippen LogP contribution in [0.25, 0.3) is 0 Å². The number of alkyl halides is 3. The van der Waals surface area contributed by atoms with Crippen LogP contribution < -0.4 is 0 Å². The first-order valence-electron chi connectivity index (χ1n) is 7.73. The lowest BCUT2D eigenvalue weighted by atomic mass is 9.83. The number of aliphatic hydroxyl groups excluding tert-OH is 1. The average Bonchev–Trinajstić information content (AvgIpc) is 2.47. The van der Waals surface area contributed by atoms with Gasteiger partial charge in [0.25, 0.3) is 0 Å². The number of hydrogen-bond acceptors (Lipinski definition) is 2. The average molecular weight is 315 g/mol. The topological polar surface area (TPSA) is 23.5 Å². The highest BCUT2D eigenvalue weighted by atomic mass is 19.4. The van der Waals surface area contributed by atoms with Crippen LogP contribution in [0.2, 0.25) is 0 Å². The lowest BCUT2D eigenvalue weighted by Crippen LogP contribution is -2.46. The Balaban J connectivity index is 1.90. The first kappa shape index (κ1) is 17.3. The van der Waals surface area contributed by atoms with E-state index in [-0.39, 0.29) is 5.41 Å². The van der Waals surface area contributed by atoms with Crippen LogP contribution in [0, 0.1) is 5.92 Å². The number of aliphatic hydroxyl groups is 1. The number of benzene rings is 1. The minimum atomic E-state index is -4.50.